The van der Waals surface area contributed by atoms with E-state index < -0.39 is 61.2 Å². The molecule has 186 valence electrons. The molecule has 1 saturated heterocycles. The van der Waals surface area contributed by atoms with Gasteiger partial charge in [-0.1, -0.05) is 11.6 Å². The molecule has 1 aliphatic rings. The van der Waals surface area contributed by atoms with Crippen LogP contribution in [0.2, 0.25) is 5.02 Å². The molecule has 1 fully saturated rings. The van der Waals surface area contributed by atoms with Crippen LogP contribution >= 0.6 is 22.9 Å². The second-order valence-corrected chi connectivity index (χ2v) is 11.1. The van der Waals surface area contributed by atoms with Crippen molar-refractivity contribution in [1.29, 1.82) is 0 Å². The summed E-state index contributed by atoms with van der Waals surface area (Å²) in [4.78, 5) is 27.2. The zero-order chi connectivity index (χ0) is 25.4. The SMILES string of the molecule is CC(C)(C)OC(=O)N(c1cscn1)S(=O)(=O)c1c(F)cc(NC2CCN(C(=O)O)C2)c(Cl)c1F. The largest absolute Gasteiger partial charge is 0.465 e. The van der Waals surface area contributed by atoms with Gasteiger partial charge in [-0.05, 0) is 27.2 Å². The topological polar surface area (TPSA) is 129 Å². The number of rotatable bonds is 5. The number of amides is 2. The van der Waals surface area contributed by atoms with E-state index >= 15 is 8.78 Å². The Hall–Kier alpha value is -2.71. The standard InChI is InChI=1S/C19H21ClF2N4O6S2/c1-19(2,3)32-18(29)26(13-8-33-9-23-13)34(30,31)16-11(21)6-12(14(20)15(16)22)24-10-4-5-25(7-10)17(27)28/h6,8-10,24H,4-5,7H2,1-3H3,(H,27,28). The van der Waals surface area contributed by atoms with Gasteiger partial charge in [0.25, 0.3) is 10.0 Å². The first kappa shape index (κ1) is 25.9. The number of sulfonamides is 1. The van der Waals surface area contributed by atoms with E-state index in [1.807, 2.05) is 0 Å². The van der Waals surface area contributed by atoms with Crippen LogP contribution in [0.4, 0.5) is 29.9 Å². The van der Waals surface area contributed by atoms with Crippen LogP contribution in [0.5, 0.6) is 0 Å². The van der Waals surface area contributed by atoms with Crippen LogP contribution in [0, 0.1) is 11.6 Å². The van der Waals surface area contributed by atoms with Gasteiger partial charge in [0.1, 0.15) is 16.4 Å². The summed E-state index contributed by atoms with van der Waals surface area (Å²) < 4.78 is 62.0. The predicted molar refractivity (Wildman–Crippen MR) is 121 cm³/mol. The highest BCUT2D eigenvalue weighted by Gasteiger charge is 2.41. The fraction of sp³-hybridized carbons (Fsp3) is 0.421. The first-order valence-electron chi connectivity index (χ1n) is 9.80. The van der Waals surface area contributed by atoms with Crippen molar-refractivity contribution in [2.24, 2.45) is 0 Å². The Morgan fingerprint density at radius 3 is 2.59 bits per heavy atom. The lowest BCUT2D eigenvalue weighted by Gasteiger charge is -2.26. The molecule has 1 aliphatic heterocycles. The monoisotopic (exact) mass is 538 g/mol. The predicted octanol–water partition coefficient (Wildman–Crippen LogP) is 4.37. The van der Waals surface area contributed by atoms with Crippen LogP contribution in [-0.4, -0.2) is 60.3 Å². The highest BCUT2D eigenvalue weighted by molar-refractivity contribution is 7.93. The lowest BCUT2D eigenvalue weighted by molar-refractivity contribution is 0.0608. The lowest BCUT2D eigenvalue weighted by atomic mass is 10.2. The van der Waals surface area contributed by atoms with Crippen molar-refractivity contribution in [2.45, 2.75) is 43.7 Å². The number of nitrogens with one attached hydrogen (secondary N) is 1. The zero-order valence-electron chi connectivity index (χ0n) is 18.2. The van der Waals surface area contributed by atoms with Gasteiger partial charge < -0.3 is 20.1 Å². The van der Waals surface area contributed by atoms with E-state index in [1.165, 1.54) is 31.7 Å². The fourth-order valence-electron chi connectivity index (χ4n) is 3.21. The van der Waals surface area contributed by atoms with Gasteiger partial charge in [-0.2, -0.15) is 0 Å². The average molecular weight is 539 g/mol. The summed E-state index contributed by atoms with van der Waals surface area (Å²) in [7, 11) is -5.19. The van der Waals surface area contributed by atoms with Crippen LogP contribution in [0.25, 0.3) is 0 Å². The summed E-state index contributed by atoms with van der Waals surface area (Å²) in [6, 6.07) is 0.180. The van der Waals surface area contributed by atoms with Crippen molar-refractivity contribution in [3.05, 3.63) is 33.6 Å². The number of anilines is 2. The quantitative estimate of drug-likeness (QED) is 0.537. The summed E-state index contributed by atoms with van der Waals surface area (Å²) >= 11 is 6.98. The van der Waals surface area contributed by atoms with Crippen LogP contribution in [-0.2, 0) is 14.8 Å². The highest BCUT2D eigenvalue weighted by atomic mass is 35.5. The van der Waals surface area contributed by atoms with Crippen molar-refractivity contribution < 1.29 is 36.6 Å². The minimum Gasteiger partial charge on any atom is -0.465 e. The molecular weight excluding hydrogens is 518 g/mol. The van der Waals surface area contributed by atoms with Gasteiger partial charge in [0.15, 0.2) is 16.5 Å². The second kappa shape index (κ2) is 9.50. The number of carboxylic acid groups (broad SMARTS) is 1. The number of aromatic nitrogens is 1. The Labute approximate surface area is 203 Å². The first-order valence-corrected chi connectivity index (χ1v) is 12.6. The van der Waals surface area contributed by atoms with Crippen LogP contribution in [0.3, 0.4) is 0 Å². The van der Waals surface area contributed by atoms with E-state index in [2.05, 4.69) is 10.3 Å². The number of hydrogen-bond acceptors (Lipinski definition) is 8. The maximum Gasteiger partial charge on any atom is 0.430 e. The van der Waals surface area contributed by atoms with Crippen molar-refractivity contribution in [3.63, 3.8) is 0 Å². The number of thiazole rings is 1. The number of likely N-dealkylation sites (tertiary alicyclic amines) is 1. The molecule has 1 unspecified atom stereocenters. The summed E-state index contributed by atoms with van der Waals surface area (Å²) in [5.41, 5.74) is -0.142. The smallest absolute Gasteiger partial charge is 0.430 e. The molecule has 0 saturated carbocycles. The number of ether oxygens (including phenoxy) is 1. The average Bonchev–Trinajstić information content (AvgIpc) is 3.36. The third-order valence-corrected chi connectivity index (χ3v) is 7.27. The molecule has 1 aromatic heterocycles. The van der Waals surface area contributed by atoms with E-state index in [-0.39, 0.29) is 23.1 Å². The van der Waals surface area contributed by atoms with Crippen molar-refractivity contribution >= 4 is 56.7 Å². The molecule has 2 amide bonds. The first-order chi connectivity index (χ1) is 15.7. The molecule has 2 heterocycles. The molecule has 2 N–H and O–H groups in total. The normalized spacial score (nSPS) is 16.4. The Balaban J connectivity index is 2.01. The van der Waals surface area contributed by atoms with Gasteiger partial charge in [0.05, 0.1) is 11.2 Å². The third-order valence-electron chi connectivity index (χ3n) is 4.62. The number of nitrogens with zero attached hydrogens (tertiary/aromatic N) is 3. The van der Waals surface area contributed by atoms with Crippen molar-refractivity contribution in [1.82, 2.24) is 9.88 Å². The molecule has 34 heavy (non-hydrogen) atoms. The molecule has 1 atom stereocenters. The van der Waals surface area contributed by atoms with Gasteiger partial charge in [-0.25, -0.2) is 31.8 Å². The van der Waals surface area contributed by atoms with Gasteiger partial charge >= 0.3 is 12.2 Å². The number of carbonyl (C=O) groups is 2. The van der Waals surface area contributed by atoms with Crippen LogP contribution in [0.1, 0.15) is 27.2 Å². The van der Waals surface area contributed by atoms with Gasteiger partial charge in [0, 0.05) is 30.6 Å². The minimum atomic E-state index is -5.19. The molecule has 10 nitrogen and oxygen atoms in total. The van der Waals surface area contributed by atoms with E-state index in [1.54, 1.807) is 0 Å². The fourth-order valence-corrected chi connectivity index (χ4v) is 5.45. The minimum absolute atomic E-state index is 0.0468. The van der Waals surface area contributed by atoms with E-state index in [4.69, 9.17) is 21.4 Å². The Morgan fingerprint density at radius 2 is 2.06 bits per heavy atom. The summed E-state index contributed by atoms with van der Waals surface area (Å²) in [6.07, 6.45) is -2.20. The molecule has 15 heteroatoms. The van der Waals surface area contributed by atoms with Gasteiger partial charge in [-0.3, -0.25) is 0 Å². The molecule has 0 spiro atoms. The number of benzene rings is 1. The summed E-state index contributed by atoms with van der Waals surface area (Å²) in [5.74, 6) is -3.54. The van der Waals surface area contributed by atoms with E-state index in [9.17, 15) is 18.0 Å². The summed E-state index contributed by atoms with van der Waals surface area (Å²) in [5, 5.41) is 12.2. The van der Waals surface area contributed by atoms with Crippen molar-refractivity contribution in [3.8, 4) is 0 Å². The molecule has 3 rings (SSSR count). The Bertz CT molecular complexity index is 1200. The Morgan fingerprint density at radius 1 is 1.38 bits per heavy atom. The summed E-state index contributed by atoms with van der Waals surface area (Å²) in [6.45, 7) is 4.73. The Kier molecular flexibility index (Phi) is 7.24. The molecule has 1 aromatic carbocycles. The number of hydrogen-bond donors (Lipinski definition) is 2. The van der Waals surface area contributed by atoms with Crippen LogP contribution < -0.4 is 9.62 Å². The van der Waals surface area contributed by atoms with Crippen molar-refractivity contribution in [2.75, 3.05) is 22.7 Å². The highest BCUT2D eigenvalue weighted by Crippen LogP contribution is 2.36. The van der Waals surface area contributed by atoms with Gasteiger partial charge in [0.2, 0.25) is 0 Å². The maximum atomic E-state index is 15.2. The second-order valence-electron chi connectivity index (χ2n) is 8.32. The molecule has 0 bridgehead atoms. The third kappa shape index (κ3) is 5.33. The molecule has 2 aromatic rings. The molecule has 0 aliphatic carbocycles. The molecule has 0 radical (unpaired) electrons. The molecular formula is C19H21ClF2N4O6S2. The van der Waals surface area contributed by atoms with Gasteiger partial charge in [-0.15, -0.1) is 15.6 Å². The van der Waals surface area contributed by atoms with Crippen LogP contribution in [0.15, 0.2) is 21.9 Å². The number of carbonyl (C=O) groups excluding carboxylic acids is 1. The maximum absolute atomic E-state index is 15.2. The van der Waals surface area contributed by atoms with E-state index in [0.29, 0.717) is 12.5 Å². The number of halogens is 3. The lowest BCUT2D eigenvalue weighted by Crippen LogP contribution is -2.42. The van der Waals surface area contributed by atoms with E-state index in [0.717, 1.165) is 16.2 Å². The zero-order valence-corrected chi connectivity index (χ0v) is 20.6.